The van der Waals surface area contributed by atoms with Crippen molar-refractivity contribution in [1.29, 1.82) is 0 Å². The molecule has 2 aromatic heterocycles. The molecular weight excluding hydrogens is 470 g/mol. The van der Waals surface area contributed by atoms with Crippen LogP contribution < -0.4 is 15.1 Å². The van der Waals surface area contributed by atoms with Crippen LogP contribution in [0.4, 0.5) is 11.4 Å². The van der Waals surface area contributed by atoms with Crippen molar-refractivity contribution in [3.8, 4) is 11.4 Å². The van der Waals surface area contributed by atoms with Crippen LogP contribution in [0.25, 0.3) is 16.6 Å². The molecule has 32 heavy (non-hydrogen) atoms. The predicted octanol–water partition coefficient (Wildman–Crippen LogP) is 4.58. The summed E-state index contributed by atoms with van der Waals surface area (Å²) in [5, 5.41) is 9.72. The van der Waals surface area contributed by atoms with E-state index in [2.05, 4.69) is 42.5 Å². The lowest BCUT2D eigenvalue weighted by atomic mass is 10.0. The second-order valence-corrected chi connectivity index (χ2v) is 8.76. The van der Waals surface area contributed by atoms with Crippen molar-refractivity contribution in [2.24, 2.45) is 0 Å². The van der Waals surface area contributed by atoms with Gasteiger partial charge in [0.2, 0.25) is 0 Å². The van der Waals surface area contributed by atoms with E-state index in [0.717, 1.165) is 32.6 Å². The highest BCUT2D eigenvalue weighted by Crippen LogP contribution is 2.43. The van der Waals surface area contributed by atoms with Gasteiger partial charge < -0.3 is 19.3 Å². The summed E-state index contributed by atoms with van der Waals surface area (Å²) < 4.78 is 8.97. The molecule has 0 aliphatic carbocycles. The van der Waals surface area contributed by atoms with Gasteiger partial charge in [-0.05, 0) is 35.9 Å². The topological polar surface area (TPSA) is 67.6 Å². The van der Waals surface area contributed by atoms with Gasteiger partial charge in [-0.2, -0.15) is 0 Å². The van der Waals surface area contributed by atoms with E-state index in [1.165, 1.54) is 0 Å². The van der Waals surface area contributed by atoms with Gasteiger partial charge in [0.25, 0.3) is 0 Å². The monoisotopic (exact) mass is 491 g/mol. The maximum atomic E-state index is 13.6. The Morgan fingerprint density at radius 1 is 1.12 bits per heavy atom. The van der Waals surface area contributed by atoms with Gasteiger partial charge in [0, 0.05) is 61.2 Å². The zero-order valence-corrected chi connectivity index (χ0v) is 19.2. The zero-order chi connectivity index (χ0) is 22.2. The number of ether oxygens (including phenoxy) is 1. The fourth-order valence-electron chi connectivity index (χ4n) is 4.20. The first-order valence-electron chi connectivity index (χ1n) is 10.5. The van der Waals surface area contributed by atoms with E-state index >= 15 is 0 Å². The number of hydrogen-bond acceptors (Lipinski definition) is 5. The Kier molecular flexibility index (Phi) is 5.45. The fourth-order valence-corrected chi connectivity index (χ4v) is 4.55. The largest absolute Gasteiger partial charge is 0.493 e. The number of aliphatic hydroxyl groups is 1. The smallest absolute Gasteiger partial charge is 0.193 e. The van der Waals surface area contributed by atoms with Gasteiger partial charge in [-0.3, -0.25) is 9.78 Å². The molecule has 4 aromatic rings. The number of hydrogen-bond donors (Lipinski definition) is 1. The van der Waals surface area contributed by atoms with Crippen LogP contribution in [0.5, 0.6) is 5.75 Å². The van der Waals surface area contributed by atoms with Gasteiger partial charge >= 0.3 is 0 Å². The molecule has 0 bridgehead atoms. The molecule has 0 fully saturated rings. The third kappa shape index (κ3) is 3.57. The molecule has 2 aromatic carbocycles. The summed E-state index contributed by atoms with van der Waals surface area (Å²) in [7, 11) is 2.00. The van der Waals surface area contributed by atoms with Gasteiger partial charge in [0.05, 0.1) is 34.6 Å². The maximum absolute atomic E-state index is 13.6. The predicted molar refractivity (Wildman–Crippen MR) is 130 cm³/mol. The standard InChI is InChI=1S/C25H22BrN3O3/c1-28-22-11-18(26)5-6-21(22)29-15-17(10-16-4-2-7-27-14-16)25(31)20-12-19(32-9-3-8-30)13-23(28)24(20)29/h2,4-7,11-15,30H,3,8-10H2,1H3. The van der Waals surface area contributed by atoms with Crippen molar-refractivity contribution in [1.82, 2.24) is 9.55 Å². The van der Waals surface area contributed by atoms with Crippen LogP contribution in [0.3, 0.4) is 0 Å². The van der Waals surface area contributed by atoms with Crippen LogP contribution in [0.2, 0.25) is 0 Å². The summed E-state index contributed by atoms with van der Waals surface area (Å²) in [5.74, 6) is 0.619. The molecule has 0 unspecified atom stereocenters. The summed E-state index contributed by atoms with van der Waals surface area (Å²) in [4.78, 5) is 19.9. The SMILES string of the molecule is CN1c2cc(Br)ccc2-n2cc(Cc3cccnc3)c(=O)c3cc(OCCCO)cc1c32. The van der Waals surface area contributed by atoms with Gasteiger partial charge in [-0.25, -0.2) is 0 Å². The molecule has 0 amide bonds. The molecule has 5 rings (SSSR count). The highest BCUT2D eigenvalue weighted by molar-refractivity contribution is 9.10. The van der Waals surface area contributed by atoms with Crippen LogP contribution >= 0.6 is 15.9 Å². The Balaban J connectivity index is 1.76. The summed E-state index contributed by atoms with van der Waals surface area (Å²) >= 11 is 3.58. The number of nitrogens with zero attached hydrogens (tertiary/aromatic N) is 3. The number of pyridine rings is 2. The van der Waals surface area contributed by atoms with Crippen LogP contribution in [-0.2, 0) is 6.42 Å². The summed E-state index contributed by atoms with van der Waals surface area (Å²) in [6, 6.07) is 13.8. The second-order valence-electron chi connectivity index (χ2n) is 7.85. The number of halogens is 1. The highest BCUT2D eigenvalue weighted by atomic mass is 79.9. The van der Waals surface area contributed by atoms with Gasteiger partial charge in [-0.15, -0.1) is 0 Å². The van der Waals surface area contributed by atoms with Gasteiger partial charge in [0.15, 0.2) is 5.43 Å². The number of anilines is 2. The third-order valence-electron chi connectivity index (χ3n) is 5.73. The lowest BCUT2D eigenvalue weighted by Gasteiger charge is -2.32. The molecule has 1 aliphatic heterocycles. The molecule has 0 radical (unpaired) electrons. The van der Waals surface area contributed by atoms with E-state index in [4.69, 9.17) is 9.84 Å². The van der Waals surface area contributed by atoms with E-state index in [1.54, 1.807) is 12.4 Å². The Labute approximate surface area is 193 Å². The summed E-state index contributed by atoms with van der Waals surface area (Å²) in [6.07, 6.45) is 6.50. The summed E-state index contributed by atoms with van der Waals surface area (Å²) in [6.45, 7) is 0.445. The second kappa shape index (κ2) is 8.41. The molecule has 7 heteroatoms. The van der Waals surface area contributed by atoms with Crippen molar-refractivity contribution in [3.63, 3.8) is 0 Å². The van der Waals surface area contributed by atoms with Crippen molar-refractivity contribution >= 4 is 38.2 Å². The van der Waals surface area contributed by atoms with Gasteiger partial charge in [-0.1, -0.05) is 22.0 Å². The highest BCUT2D eigenvalue weighted by Gasteiger charge is 2.25. The Hall–Kier alpha value is -3.16. The van der Waals surface area contributed by atoms with E-state index in [1.807, 2.05) is 43.6 Å². The molecule has 0 atom stereocenters. The normalized spacial score (nSPS) is 12.2. The Morgan fingerprint density at radius 3 is 2.78 bits per heavy atom. The molecule has 0 saturated heterocycles. The van der Waals surface area contributed by atoms with Gasteiger partial charge in [0.1, 0.15) is 5.75 Å². The lowest BCUT2D eigenvalue weighted by molar-refractivity contribution is 0.234. The molecule has 6 nitrogen and oxygen atoms in total. The van der Waals surface area contributed by atoms with E-state index in [9.17, 15) is 4.79 Å². The molecule has 3 heterocycles. The van der Waals surface area contributed by atoms with Crippen molar-refractivity contribution in [2.45, 2.75) is 12.8 Å². The maximum Gasteiger partial charge on any atom is 0.193 e. The van der Waals surface area contributed by atoms with Crippen LogP contribution in [0.15, 0.2) is 70.3 Å². The fraction of sp³-hybridized carbons (Fsp3) is 0.200. The Bertz CT molecular complexity index is 1370. The first kappa shape index (κ1) is 20.7. The van der Waals surface area contributed by atoms with Crippen molar-refractivity contribution in [3.05, 3.63) is 86.9 Å². The molecule has 0 spiro atoms. The van der Waals surface area contributed by atoms with E-state index in [-0.39, 0.29) is 12.0 Å². The molecule has 1 N–H and O–H groups in total. The average Bonchev–Trinajstić information content (AvgIpc) is 2.80. The van der Waals surface area contributed by atoms with Crippen molar-refractivity contribution < 1.29 is 9.84 Å². The average molecular weight is 492 g/mol. The number of aliphatic hydroxyl groups excluding tert-OH is 1. The first-order chi connectivity index (χ1) is 15.6. The first-order valence-corrected chi connectivity index (χ1v) is 11.2. The van der Waals surface area contributed by atoms with E-state index < -0.39 is 0 Å². The zero-order valence-electron chi connectivity index (χ0n) is 17.6. The number of aromatic nitrogens is 2. The number of fused-ring (bicyclic) bond motifs is 2. The quantitative estimate of drug-likeness (QED) is 0.399. The van der Waals surface area contributed by atoms with Crippen LogP contribution in [-0.4, -0.2) is 34.9 Å². The van der Waals surface area contributed by atoms with E-state index in [0.29, 0.717) is 36.1 Å². The van der Waals surface area contributed by atoms with Crippen LogP contribution in [0, 0.1) is 0 Å². The molecule has 0 saturated carbocycles. The third-order valence-corrected chi connectivity index (χ3v) is 6.23. The molecular formula is C25H22BrN3O3. The molecule has 162 valence electrons. The Morgan fingerprint density at radius 2 is 2.00 bits per heavy atom. The van der Waals surface area contributed by atoms with Crippen molar-refractivity contribution in [2.75, 3.05) is 25.2 Å². The number of rotatable bonds is 6. The lowest BCUT2D eigenvalue weighted by Crippen LogP contribution is -2.23. The minimum absolute atomic E-state index is 0.0112. The number of benzene rings is 2. The minimum atomic E-state index is -0.0112. The minimum Gasteiger partial charge on any atom is -0.493 e. The summed E-state index contributed by atoms with van der Waals surface area (Å²) in [5.41, 5.74) is 5.46. The van der Waals surface area contributed by atoms with Crippen LogP contribution in [0.1, 0.15) is 17.5 Å². The molecule has 1 aliphatic rings.